The van der Waals surface area contributed by atoms with Gasteiger partial charge in [0.15, 0.2) is 0 Å². The highest BCUT2D eigenvalue weighted by Crippen LogP contribution is 2.38. The number of nitrogens with one attached hydrogen (secondary N) is 1. The van der Waals surface area contributed by atoms with E-state index in [0.29, 0.717) is 11.5 Å². The number of rotatable bonds is 2. The molecule has 0 aromatic heterocycles. The molecule has 0 radical (unpaired) electrons. The smallest absolute Gasteiger partial charge is 0.101 e. The van der Waals surface area contributed by atoms with Crippen molar-refractivity contribution < 1.29 is 0 Å². The zero-order valence-corrected chi connectivity index (χ0v) is 14.1. The van der Waals surface area contributed by atoms with E-state index in [2.05, 4.69) is 48.1 Å². The molecule has 108 valence electrons. The largest absolute Gasteiger partial charge is 0.381 e. The summed E-state index contributed by atoms with van der Waals surface area (Å²) in [4.78, 5) is 0. The van der Waals surface area contributed by atoms with Crippen molar-refractivity contribution in [2.24, 2.45) is 11.3 Å². The lowest BCUT2D eigenvalue weighted by Crippen LogP contribution is -2.31. The van der Waals surface area contributed by atoms with Crippen molar-refractivity contribution in [2.45, 2.75) is 52.5 Å². The minimum Gasteiger partial charge on any atom is -0.381 e. The van der Waals surface area contributed by atoms with E-state index < -0.39 is 0 Å². The Balaban J connectivity index is 1.98. The molecule has 1 aromatic rings. The Bertz CT molecular complexity index is 503. The molecule has 0 saturated heterocycles. The number of benzene rings is 1. The van der Waals surface area contributed by atoms with Crippen molar-refractivity contribution >= 4 is 21.6 Å². The fourth-order valence-corrected chi connectivity index (χ4v) is 3.42. The standard InChI is InChI=1S/C17H23BrN2/c1-17(2,3)13-4-7-15(8-5-13)20-16-9-6-14(18)10-12(16)11-19/h6,9-10,13,15,20H,4-5,7-8H2,1-3H3. The zero-order valence-electron chi connectivity index (χ0n) is 12.5. The maximum Gasteiger partial charge on any atom is 0.101 e. The SMILES string of the molecule is CC(C)(C)C1CCC(Nc2ccc(Br)cc2C#N)CC1. The van der Waals surface area contributed by atoms with Gasteiger partial charge in [-0.3, -0.25) is 0 Å². The van der Waals surface area contributed by atoms with Crippen LogP contribution in [0.4, 0.5) is 5.69 Å². The number of halogens is 1. The van der Waals surface area contributed by atoms with Crippen LogP contribution in [0.1, 0.15) is 52.0 Å². The average molecular weight is 335 g/mol. The number of hydrogen-bond donors (Lipinski definition) is 1. The highest BCUT2D eigenvalue weighted by molar-refractivity contribution is 9.10. The molecule has 0 bridgehead atoms. The fourth-order valence-electron chi connectivity index (χ4n) is 3.06. The lowest BCUT2D eigenvalue weighted by atomic mass is 9.71. The predicted molar refractivity (Wildman–Crippen MR) is 87.7 cm³/mol. The van der Waals surface area contributed by atoms with Gasteiger partial charge in [-0.15, -0.1) is 0 Å². The fraction of sp³-hybridized carbons (Fsp3) is 0.588. The Kier molecular flexibility index (Phi) is 4.75. The molecule has 20 heavy (non-hydrogen) atoms. The molecule has 0 unspecified atom stereocenters. The highest BCUT2D eigenvalue weighted by Gasteiger charge is 2.29. The van der Waals surface area contributed by atoms with Crippen LogP contribution in [0.3, 0.4) is 0 Å². The number of anilines is 1. The number of nitriles is 1. The molecular weight excluding hydrogens is 312 g/mol. The highest BCUT2D eigenvalue weighted by atomic mass is 79.9. The van der Waals surface area contributed by atoms with E-state index in [0.717, 1.165) is 21.6 Å². The molecule has 0 aliphatic heterocycles. The molecule has 1 aromatic carbocycles. The van der Waals surface area contributed by atoms with Crippen molar-refractivity contribution in [2.75, 3.05) is 5.32 Å². The predicted octanol–water partition coefficient (Wildman–Crippen LogP) is 5.34. The van der Waals surface area contributed by atoms with Gasteiger partial charge in [-0.1, -0.05) is 36.7 Å². The van der Waals surface area contributed by atoms with Crippen molar-refractivity contribution in [1.82, 2.24) is 0 Å². The summed E-state index contributed by atoms with van der Waals surface area (Å²) >= 11 is 3.41. The van der Waals surface area contributed by atoms with Crippen LogP contribution in [0.5, 0.6) is 0 Å². The van der Waals surface area contributed by atoms with Gasteiger partial charge in [0.05, 0.1) is 11.3 Å². The van der Waals surface area contributed by atoms with Gasteiger partial charge in [-0.05, 0) is 55.2 Å². The van der Waals surface area contributed by atoms with Gasteiger partial charge >= 0.3 is 0 Å². The molecule has 0 spiro atoms. The average Bonchev–Trinajstić information content (AvgIpc) is 2.40. The Morgan fingerprint density at radius 1 is 1.20 bits per heavy atom. The van der Waals surface area contributed by atoms with Crippen molar-refractivity contribution in [3.05, 3.63) is 28.2 Å². The topological polar surface area (TPSA) is 35.8 Å². The second-order valence-electron chi connectivity index (χ2n) is 6.86. The summed E-state index contributed by atoms with van der Waals surface area (Å²) in [5.41, 5.74) is 2.10. The summed E-state index contributed by atoms with van der Waals surface area (Å²) in [6, 6.07) is 8.63. The van der Waals surface area contributed by atoms with Gasteiger partial charge in [-0.25, -0.2) is 0 Å². The molecule has 1 aliphatic rings. The van der Waals surface area contributed by atoms with Crippen LogP contribution in [0.25, 0.3) is 0 Å². The molecule has 1 aliphatic carbocycles. The van der Waals surface area contributed by atoms with Crippen LogP contribution >= 0.6 is 15.9 Å². The van der Waals surface area contributed by atoms with Crippen LogP contribution in [0.2, 0.25) is 0 Å². The molecule has 1 saturated carbocycles. The maximum absolute atomic E-state index is 9.21. The molecule has 1 N–H and O–H groups in total. The van der Waals surface area contributed by atoms with E-state index in [1.54, 1.807) is 0 Å². The van der Waals surface area contributed by atoms with Crippen molar-refractivity contribution in [3.63, 3.8) is 0 Å². The van der Waals surface area contributed by atoms with Crippen LogP contribution in [0, 0.1) is 22.7 Å². The van der Waals surface area contributed by atoms with Crippen molar-refractivity contribution in [1.29, 1.82) is 5.26 Å². The monoisotopic (exact) mass is 334 g/mol. The molecule has 0 heterocycles. The number of hydrogen-bond acceptors (Lipinski definition) is 2. The molecular formula is C17H23BrN2. The molecule has 0 atom stereocenters. The van der Waals surface area contributed by atoms with E-state index in [1.165, 1.54) is 25.7 Å². The van der Waals surface area contributed by atoms with E-state index in [-0.39, 0.29) is 0 Å². The zero-order chi connectivity index (χ0) is 14.8. The van der Waals surface area contributed by atoms with E-state index >= 15 is 0 Å². The normalized spacial score (nSPS) is 23.1. The third kappa shape index (κ3) is 3.76. The second kappa shape index (κ2) is 6.18. The minimum absolute atomic E-state index is 0.417. The lowest BCUT2D eigenvalue weighted by molar-refractivity contribution is 0.173. The Morgan fingerprint density at radius 2 is 1.85 bits per heavy atom. The second-order valence-corrected chi connectivity index (χ2v) is 7.78. The first-order valence-electron chi connectivity index (χ1n) is 7.36. The van der Waals surface area contributed by atoms with Gasteiger partial charge in [0.1, 0.15) is 6.07 Å². The number of nitrogens with zero attached hydrogens (tertiary/aromatic N) is 1. The van der Waals surface area contributed by atoms with Crippen molar-refractivity contribution in [3.8, 4) is 6.07 Å². The Labute approximate surface area is 130 Å². The van der Waals surface area contributed by atoms with Gasteiger partial charge < -0.3 is 5.32 Å². The molecule has 1 fully saturated rings. The maximum atomic E-state index is 9.21. The van der Waals surface area contributed by atoms with Crippen LogP contribution < -0.4 is 5.32 Å². The summed E-state index contributed by atoms with van der Waals surface area (Å²) in [7, 11) is 0. The van der Waals surface area contributed by atoms with Gasteiger partial charge in [0.2, 0.25) is 0 Å². The third-order valence-corrected chi connectivity index (χ3v) is 4.91. The molecule has 2 nitrogen and oxygen atoms in total. The molecule has 3 heteroatoms. The summed E-state index contributed by atoms with van der Waals surface area (Å²) in [6.45, 7) is 7.02. The minimum atomic E-state index is 0.417. The third-order valence-electron chi connectivity index (χ3n) is 4.41. The van der Waals surface area contributed by atoms with Crippen LogP contribution in [-0.4, -0.2) is 6.04 Å². The van der Waals surface area contributed by atoms with E-state index in [9.17, 15) is 5.26 Å². The lowest BCUT2D eigenvalue weighted by Gasteiger charge is -2.37. The molecule has 0 amide bonds. The summed E-state index contributed by atoms with van der Waals surface area (Å²) in [5.74, 6) is 0.820. The first-order valence-corrected chi connectivity index (χ1v) is 8.15. The quantitative estimate of drug-likeness (QED) is 0.792. The van der Waals surface area contributed by atoms with E-state index in [4.69, 9.17) is 0 Å². The molecule has 2 rings (SSSR count). The van der Waals surface area contributed by atoms with E-state index in [1.807, 2.05) is 18.2 Å². The van der Waals surface area contributed by atoms with Gasteiger partial charge in [0, 0.05) is 10.5 Å². The van der Waals surface area contributed by atoms with Gasteiger partial charge in [0.25, 0.3) is 0 Å². The first-order chi connectivity index (χ1) is 9.40. The Morgan fingerprint density at radius 3 is 2.40 bits per heavy atom. The van der Waals surface area contributed by atoms with Crippen LogP contribution in [0.15, 0.2) is 22.7 Å². The summed E-state index contributed by atoms with van der Waals surface area (Å²) < 4.78 is 0.955. The Hall–Kier alpha value is -1.01. The summed E-state index contributed by atoms with van der Waals surface area (Å²) in [6.07, 6.45) is 4.95. The van der Waals surface area contributed by atoms with Crippen LogP contribution in [-0.2, 0) is 0 Å². The summed E-state index contributed by atoms with van der Waals surface area (Å²) in [5, 5.41) is 12.8. The van der Waals surface area contributed by atoms with Gasteiger partial charge in [-0.2, -0.15) is 5.26 Å². The first kappa shape index (κ1) is 15.4.